The molecule has 7 nitrogen and oxygen atoms in total. The third kappa shape index (κ3) is 4.69. The number of nitrogens with one attached hydrogen (secondary N) is 1. The number of sulfonamides is 1. The SMILES string of the molecule is CC(C)C[C@@H](NS(=O)(=O)c1ccc(Cl)c(C(=O)O)c1)C(=O)O. The molecule has 0 spiro atoms. The number of rotatable bonds is 7. The fourth-order valence-electron chi connectivity index (χ4n) is 1.76. The van der Waals surface area contributed by atoms with Crippen molar-refractivity contribution in [3.8, 4) is 0 Å². The molecule has 0 fully saturated rings. The Labute approximate surface area is 133 Å². The quantitative estimate of drug-likeness (QED) is 0.690. The van der Waals surface area contributed by atoms with Gasteiger partial charge in [0.15, 0.2) is 0 Å². The summed E-state index contributed by atoms with van der Waals surface area (Å²) < 4.78 is 26.5. The first kappa shape index (κ1) is 18.4. The van der Waals surface area contributed by atoms with Crippen LogP contribution in [-0.2, 0) is 14.8 Å². The first-order valence-corrected chi connectivity index (χ1v) is 8.18. The predicted octanol–water partition coefficient (Wildman–Crippen LogP) is 1.82. The lowest BCUT2D eigenvalue weighted by Crippen LogP contribution is -2.41. The highest BCUT2D eigenvalue weighted by Gasteiger charge is 2.27. The van der Waals surface area contributed by atoms with E-state index in [1.807, 2.05) is 0 Å². The van der Waals surface area contributed by atoms with Gasteiger partial charge in [0, 0.05) is 0 Å². The molecule has 0 saturated heterocycles. The standard InChI is InChI=1S/C13H16ClNO6S/c1-7(2)5-11(13(18)19)15-22(20,21)8-3-4-10(14)9(6-8)12(16)17/h3-4,6-7,11,15H,5H2,1-2H3,(H,16,17)(H,18,19)/t11-/m1/s1. The summed E-state index contributed by atoms with van der Waals surface area (Å²) in [6.45, 7) is 3.52. The average molecular weight is 350 g/mol. The largest absolute Gasteiger partial charge is 0.480 e. The molecule has 0 radical (unpaired) electrons. The second kappa shape index (κ2) is 7.08. The third-order valence-corrected chi connectivity index (χ3v) is 4.58. The lowest BCUT2D eigenvalue weighted by Gasteiger charge is -2.17. The van der Waals surface area contributed by atoms with Gasteiger partial charge in [-0.2, -0.15) is 4.72 Å². The molecule has 0 amide bonds. The van der Waals surface area contributed by atoms with Gasteiger partial charge in [0.2, 0.25) is 10.0 Å². The number of carboxylic acids is 2. The summed E-state index contributed by atoms with van der Waals surface area (Å²) in [6, 6.07) is 1.85. The van der Waals surface area contributed by atoms with Crippen LogP contribution in [0.25, 0.3) is 0 Å². The molecule has 0 heterocycles. The lowest BCUT2D eigenvalue weighted by atomic mass is 10.1. The van der Waals surface area contributed by atoms with E-state index in [0.717, 1.165) is 18.2 Å². The minimum absolute atomic E-state index is 0.0383. The maximum Gasteiger partial charge on any atom is 0.337 e. The zero-order valence-corrected chi connectivity index (χ0v) is 13.5. The number of carbonyl (C=O) groups is 2. The van der Waals surface area contributed by atoms with Crippen molar-refractivity contribution in [3.63, 3.8) is 0 Å². The van der Waals surface area contributed by atoms with Crippen molar-refractivity contribution in [1.29, 1.82) is 0 Å². The van der Waals surface area contributed by atoms with Crippen molar-refractivity contribution < 1.29 is 28.2 Å². The van der Waals surface area contributed by atoms with Gasteiger partial charge in [0.1, 0.15) is 6.04 Å². The first-order chi connectivity index (χ1) is 10.0. The van der Waals surface area contributed by atoms with E-state index in [1.54, 1.807) is 13.8 Å². The van der Waals surface area contributed by atoms with Crippen molar-refractivity contribution in [3.05, 3.63) is 28.8 Å². The molecule has 0 aromatic heterocycles. The van der Waals surface area contributed by atoms with Crippen molar-refractivity contribution in [1.82, 2.24) is 4.72 Å². The summed E-state index contributed by atoms with van der Waals surface area (Å²) >= 11 is 5.68. The molecule has 1 aromatic rings. The van der Waals surface area contributed by atoms with E-state index in [2.05, 4.69) is 4.72 Å². The molecule has 3 N–H and O–H groups in total. The Morgan fingerprint density at radius 2 is 1.86 bits per heavy atom. The summed E-state index contributed by atoms with van der Waals surface area (Å²) in [5.41, 5.74) is -0.375. The van der Waals surface area contributed by atoms with E-state index < -0.39 is 28.0 Å². The van der Waals surface area contributed by atoms with Crippen LogP contribution >= 0.6 is 11.6 Å². The number of aliphatic carboxylic acids is 1. The van der Waals surface area contributed by atoms with Gasteiger partial charge in [-0.3, -0.25) is 4.79 Å². The zero-order chi connectivity index (χ0) is 17.1. The predicted molar refractivity (Wildman–Crippen MR) is 79.6 cm³/mol. The van der Waals surface area contributed by atoms with Crippen molar-refractivity contribution in [2.75, 3.05) is 0 Å². The highest BCUT2D eigenvalue weighted by molar-refractivity contribution is 7.89. The van der Waals surface area contributed by atoms with Crippen LogP contribution in [0.5, 0.6) is 0 Å². The molecule has 0 bridgehead atoms. The van der Waals surface area contributed by atoms with E-state index in [0.29, 0.717) is 0 Å². The molecule has 0 aliphatic carbocycles. The van der Waals surface area contributed by atoms with Gasteiger partial charge in [-0.1, -0.05) is 25.4 Å². The summed E-state index contributed by atoms with van der Waals surface area (Å²) in [6.07, 6.45) is 0.105. The van der Waals surface area contributed by atoms with E-state index in [9.17, 15) is 18.0 Å². The van der Waals surface area contributed by atoms with Gasteiger partial charge in [0.25, 0.3) is 0 Å². The molecule has 122 valence electrons. The Bertz CT molecular complexity index is 686. The van der Waals surface area contributed by atoms with Crippen LogP contribution in [0.3, 0.4) is 0 Å². The minimum Gasteiger partial charge on any atom is -0.480 e. The number of aromatic carboxylic acids is 1. The van der Waals surface area contributed by atoms with E-state index >= 15 is 0 Å². The molecule has 0 unspecified atom stereocenters. The molecule has 0 saturated carbocycles. The Hall–Kier alpha value is -1.64. The van der Waals surface area contributed by atoms with Gasteiger partial charge in [0.05, 0.1) is 15.5 Å². The van der Waals surface area contributed by atoms with Crippen LogP contribution in [-0.4, -0.2) is 36.6 Å². The normalized spacial score (nSPS) is 13.1. The second-order valence-electron chi connectivity index (χ2n) is 5.09. The number of hydrogen-bond acceptors (Lipinski definition) is 4. The van der Waals surface area contributed by atoms with E-state index in [-0.39, 0.29) is 27.8 Å². The van der Waals surface area contributed by atoms with Crippen LogP contribution in [0.1, 0.15) is 30.6 Å². The van der Waals surface area contributed by atoms with E-state index in [1.165, 1.54) is 0 Å². The van der Waals surface area contributed by atoms with Gasteiger partial charge in [-0.05, 0) is 30.5 Å². The average Bonchev–Trinajstić information content (AvgIpc) is 2.36. The summed E-state index contributed by atoms with van der Waals surface area (Å²) in [4.78, 5) is 21.8. The van der Waals surface area contributed by atoms with Crippen molar-refractivity contribution in [2.24, 2.45) is 5.92 Å². The summed E-state index contributed by atoms with van der Waals surface area (Å²) in [5, 5.41) is 17.9. The van der Waals surface area contributed by atoms with Crippen LogP contribution in [0, 0.1) is 5.92 Å². The molecule has 1 atom stereocenters. The van der Waals surface area contributed by atoms with E-state index in [4.69, 9.17) is 21.8 Å². The first-order valence-electron chi connectivity index (χ1n) is 6.32. The van der Waals surface area contributed by atoms with Crippen LogP contribution in [0.4, 0.5) is 0 Å². The fraction of sp³-hybridized carbons (Fsp3) is 0.385. The maximum atomic E-state index is 12.2. The number of halogens is 1. The van der Waals surface area contributed by atoms with Crippen molar-refractivity contribution >= 4 is 33.6 Å². The van der Waals surface area contributed by atoms with Crippen molar-refractivity contribution in [2.45, 2.75) is 31.2 Å². The molecule has 22 heavy (non-hydrogen) atoms. The number of carboxylic acid groups (broad SMARTS) is 2. The number of benzene rings is 1. The van der Waals surface area contributed by atoms with Gasteiger partial charge < -0.3 is 10.2 Å². The zero-order valence-electron chi connectivity index (χ0n) is 11.9. The fourth-order valence-corrected chi connectivity index (χ4v) is 3.19. The molecule has 1 rings (SSSR count). The van der Waals surface area contributed by atoms with Crippen LogP contribution in [0.2, 0.25) is 5.02 Å². The Morgan fingerprint density at radius 1 is 1.27 bits per heavy atom. The number of hydrogen-bond donors (Lipinski definition) is 3. The van der Waals surface area contributed by atoms with Gasteiger partial charge in [-0.25, -0.2) is 13.2 Å². The molecule has 1 aromatic carbocycles. The molecular weight excluding hydrogens is 334 g/mol. The molecule has 0 aliphatic heterocycles. The van der Waals surface area contributed by atoms with Crippen LogP contribution in [0.15, 0.2) is 23.1 Å². The smallest absolute Gasteiger partial charge is 0.337 e. The van der Waals surface area contributed by atoms with Crippen LogP contribution < -0.4 is 4.72 Å². The molecule has 9 heteroatoms. The Morgan fingerprint density at radius 3 is 2.32 bits per heavy atom. The third-order valence-electron chi connectivity index (χ3n) is 2.78. The summed E-state index contributed by atoms with van der Waals surface area (Å²) in [5.74, 6) is -2.72. The Kier molecular flexibility index (Phi) is 5.92. The summed E-state index contributed by atoms with van der Waals surface area (Å²) in [7, 11) is -4.18. The topological polar surface area (TPSA) is 121 Å². The highest BCUT2D eigenvalue weighted by Crippen LogP contribution is 2.21. The lowest BCUT2D eigenvalue weighted by molar-refractivity contribution is -0.139. The molecular formula is C13H16ClNO6S. The Balaban J connectivity index is 3.16. The highest BCUT2D eigenvalue weighted by atomic mass is 35.5. The van der Waals surface area contributed by atoms with Gasteiger partial charge >= 0.3 is 11.9 Å². The monoisotopic (exact) mass is 349 g/mol. The van der Waals surface area contributed by atoms with Gasteiger partial charge in [-0.15, -0.1) is 0 Å². The minimum atomic E-state index is -4.18. The molecule has 0 aliphatic rings. The second-order valence-corrected chi connectivity index (χ2v) is 7.21. The maximum absolute atomic E-state index is 12.2.